The van der Waals surface area contributed by atoms with Crippen LogP contribution in [0.5, 0.6) is 0 Å². The summed E-state index contributed by atoms with van der Waals surface area (Å²) in [6.45, 7) is 5.09. The molecule has 2 rings (SSSR count). The van der Waals surface area contributed by atoms with Gasteiger partial charge in [0.05, 0.1) is 6.10 Å². The predicted molar refractivity (Wildman–Crippen MR) is 70.1 cm³/mol. The third kappa shape index (κ3) is 3.33. The van der Waals surface area contributed by atoms with E-state index in [0.717, 1.165) is 19.7 Å². The fourth-order valence-corrected chi connectivity index (χ4v) is 2.45. The van der Waals surface area contributed by atoms with Crippen LogP contribution in [0.15, 0.2) is 12.1 Å². The zero-order valence-corrected chi connectivity index (χ0v) is 11.0. The largest absolute Gasteiger partial charge is 0.377 e. The summed E-state index contributed by atoms with van der Waals surface area (Å²) in [5, 5.41) is 3.49. The second-order valence-corrected chi connectivity index (χ2v) is 4.89. The third-order valence-corrected chi connectivity index (χ3v) is 3.54. The second-order valence-electron chi connectivity index (χ2n) is 4.89. The number of hydrogen-bond donors (Lipinski definition) is 1. The lowest BCUT2D eigenvalue weighted by Crippen LogP contribution is -2.26. The lowest BCUT2D eigenvalue weighted by atomic mass is 10.2. The monoisotopic (exact) mass is 236 g/mol. The van der Waals surface area contributed by atoms with E-state index >= 15 is 0 Å². The van der Waals surface area contributed by atoms with Gasteiger partial charge in [-0.2, -0.15) is 0 Å². The number of aryl methyl sites for hydroxylation is 1. The molecule has 1 atom stereocenters. The van der Waals surface area contributed by atoms with Gasteiger partial charge in [-0.3, -0.25) is 0 Å². The average molecular weight is 236 g/mol. The molecule has 0 aliphatic carbocycles. The highest BCUT2D eigenvalue weighted by molar-refractivity contribution is 5.16. The Labute approximate surface area is 104 Å². The first kappa shape index (κ1) is 12.7. The summed E-state index contributed by atoms with van der Waals surface area (Å²) in [5.74, 6) is 0. The zero-order valence-electron chi connectivity index (χ0n) is 11.0. The maximum absolute atomic E-state index is 5.60. The molecule has 2 heterocycles. The van der Waals surface area contributed by atoms with Crippen molar-refractivity contribution in [1.29, 1.82) is 0 Å². The van der Waals surface area contributed by atoms with Crippen molar-refractivity contribution in [2.45, 2.75) is 45.3 Å². The standard InChI is InChI=1S/C14H24N2O/c1-3-5-12-7-8-13(16(12)2)10-15-11-14-6-4-9-17-14/h7-8,14-15H,3-6,9-11H2,1-2H3/t14-/m1/s1. The highest BCUT2D eigenvalue weighted by atomic mass is 16.5. The molecule has 1 aliphatic rings. The Kier molecular flexibility index (Phi) is 4.63. The molecule has 3 nitrogen and oxygen atoms in total. The molecular weight excluding hydrogens is 212 g/mol. The molecule has 0 amide bonds. The van der Waals surface area contributed by atoms with Crippen LogP contribution in [0.3, 0.4) is 0 Å². The lowest BCUT2D eigenvalue weighted by Gasteiger charge is -2.12. The van der Waals surface area contributed by atoms with Gasteiger partial charge < -0.3 is 14.6 Å². The maximum Gasteiger partial charge on any atom is 0.0700 e. The minimum Gasteiger partial charge on any atom is -0.377 e. The molecule has 17 heavy (non-hydrogen) atoms. The molecular formula is C14H24N2O. The van der Waals surface area contributed by atoms with Gasteiger partial charge in [-0.15, -0.1) is 0 Å². The summed E-state index contributed by atoms with van der Waals surface area (Å²) in [7, 11) is 2.16. The summed E-state index contributed by atoms with van der Waals surface area (Å²) in [5.41, 5.74) is 2.80. The smallest absolute Gasteiger partial charge is 0.0700 e. The van der Waals surface area contributed by atoms with Crippen LogP contribution in [-0.2, 0) is 24.8 Å². The molecule has 0 radical (unpaired) electrons. The Morgan fingerprint density at radius 3 is 2.94 bits per heavy atom. The van der Waals surface area contributed by atoms with E-state index in [2.05, 4.69) is 36.0 Å². The van der Waals surface area contributed by atoms with Crippen molar-refractivity contribution in [1.82, 2.24) is 9.88 Å². The molecule has 3 heteroatoms. The first-order chi connectivity index (χ1) is 8.31. The Bertz CT molecular complexity index is 340. The van der Waals surface area contributed by atoms with E-state index in [-0.39, 0.29) is 0 Å². The second kappa shape index (κ2) is 6.22. The van der Waals surface area contributed by atoms with Gasteiger partial charge in [-0.05, 0) is 31.4 Å². The quantitative estimate of drug-likeness (QED) is 0.820. The molecule has 1 saturated heterocycles. The molecule has 1 aromatic rings. The van der Waals surface area contributed by atoms with E-state index in [1.807, 2.05) is 0 Å². The predicted octanol–water partition coefficient (Wildman–Crippen LogP) is 2.25. The molecule has 1 aromatic heterocycles. The van der Waals surface area contributed by atoms with Crippen molar-refractivity contribution in [2.75, 3.05) is 13.2 Å². The minimum absolute atomic E-state index is 0.436. The van der Waals surface area contributed by atoms with Crippen LogP contribution in [0.25, 0.3) is 0 Å². The lowest BCUT2D eigenvalue weighted by molar-refractivity contribution is 0.110. The molecule has 1 aliphatic heterocycles. The third-order valence-electron chi connectivity index (χ3n) is 3.54. The maximum atomic E-state index is 5.60. The Morgan fingerprint density at radius 1 is 1.41 bits per heavy atom. The van der Waals surface area contributed by atoms with Crippen LogP contribution in [0.1, 0.15) is 37.6 Å². The first-order valence-electron chi connectivity index (χ1n) is 6.77. The van der Waals surface area contributed by atoms with Crippen molar-refractivity contribution >= 4 is 0 Å². The highest BCUT2D eigenvalue weighted by Crippen LogP contribution is 2.12. The summed E-state index contributed by atoms with van der Waals surface area (Å²) in [6.07, 6.45) is 5.24. The molecule has 0 saturated carbocycles. The van der Waals surface area contributed by atoms with Crippen molar-refractivity contribution < 1.29 is 4.74 Å². The highest BCUT2D eigenvalue weighted by Gasteiger charge is 2.14. The van der Waals surface area contributed by atoms with Crippen LogP contribution in [0.4, 0.5) is 0 Å². The Hall–Kier alpha value is -0.800. The SMILES string of the molecule is CCCc1ccc(CNC[C@H]2CCCO2)n1C. The molecule has 0 aromatic carbocycles. The van der Waals surface area contributed by atoms with Crippen molar-refractivity contribution in [3.63, 3.8) is 0 Å². The Morgan fingerprint density at radius 2 is 2.24 bits per heavy atom. The number of aromatic nitrogens is 1. The molecule has 96 valence electrons. The van der Waals surface area contributed by atoms with Gasteiger partial charge in [0.15, 0.2) is 0 Å². The van der Waals surface area contributed by atoms with Gasteiger partial charge in [0.1, 0.15) is 0 Å². The number of ether oxygens (including phenoxy) is 1. The van der Waals surface area contributed by atoms with E-state index in [1.54, 1.807) is 0 Å². The van der Waals surface area contributed by atoms with E-state index in [0.29, 0.717) is 6.10 Å². The van der Waals surface area contributed by atoms with E-state index in [4.69, 9.17) is 4.74 Å². The molecule has 0 spiro atoms. The summed E-state index contributed by atoms with van der Waals surface area (Å²) < 4.78 is 7.91. The van der Waals surface area contributed by atoms with Gasteiger partial charge >= 0.3 is 0 Å². The van der Waals surface area contributed by atoms with E-state index in [9.17, 15) is 0 Å². The summed E-state index contributed by atoms with van der Waals surface area (Å²) in [4.78, 5) is 0. The topological polar surface area (TPSA) is 26.2 Å². The number of rotatable bonds is 6. The summed E-state index contributed by atoms with van der Waals surface area (Å²) >= 11 is 0. The van der Waals surface area contributed by atoms with Crippen LogP contribution < -0.4 is 5.32 Å². The fraction of sp³-hybridized carbons (Fsp3) is 0.714. The fourth-order valence-electron chi connectivity index (χ4n) is 2.45. The number of nitrogens with zero attached hydrogens (tertiary/aromatic N) is 1. The van der Waals surface area contributed by atoms with Crippen LogP contribution in [0, 0.1) is 0 Å². The van der Waals surface area contributed by atoms with Gasteiger partial charge in [0, 0.05) is 38.1 Å². The molecule has 1 fully saturated rings. The van der Waals surface area contributed by atoms with Crippen LogP contribution in [-0.4, -0.2) is 23.8 Å². The first-order valence-corrected chi connectivity index (χ1v) is 6.77. The molecule has 0 bridgehead atoms. The van der Waals surface area contributed by atoms with Gasteiger partial charge in [-0.25, -0.2) is 0 Å². The Balaban J connectivity index is 1.78. The normalized spacial score (nSPS) is 20.0. The van der Waals surface area contributed by atoms with Crippen molar-refractivity contribution in [2.24, 2.45) is 7.05 Å². The van der Waals surface area contributed by atoms with Gasteiger partial charge in [-0.1, -0.05) is 13.3 Å². The summed E-state index contributed by atoms with van der Waals surface area (Å²) in [6, 6.07) is 4.47. The molecule has 0 unspecified atom stereocenters. The van der Waals surface area contributed by atoms with Crippen molar-refractivity contribution in [3.05, 3.63) is 23.5 Å². The van der Waals surface area contributed by atoms with Crippen LogP contribution in [0.2, 0.25) is 0 Å². The van der Waals surface area contributed by atoms with Gasteiger partial charge in [0.25, 0.3) is 0 Å². The zero-order chi connectivity index (χ0) is 12.1. The number of nitrogens with one attached hydrogen (secondary N) is 1. The number of hydrogen-bond acceptors (Lipinski definition) is 2. The van der Waals surface area contributed by atoms with E-state index in [1.165, 1.54) is 37.1 Å². The van der Waals surface area contributed by atoms with Crippen LogP contribution >= 0.6 is 0 Å². The van der Waals surface area contributed by atoms with Crippen molar-refractivity contribution in [3.8, 4) is 0 Å². The molecule has 1 N–H and O–H groups in total. The van der Waals surface area contributed by atoms with Gasteiger partial charge in [0.2, 0.25) is 0 Å². The average Bonchev–Trinajstić information content (AvgIpc) is 2.94. The van der Waals surface area contributed by atoms with E-state index < -0.39 is 0 Å². The minimum atomic E-state index is 0.436.